The summed E-state index contributed by atoms with van der Waals surface area (Å²) in [7, 11) is 0. The molecular formula is C12H17NO3S. The molecule has 0 radical (unpaired) electrons. The zero-order valence-corrected chi connectivity index (χ0v) is 10.8. The SMILES string of the molecule is CC(C)N(C(=O)C(S)CO)c1ccc(O)cc1. The molecule has 0 aromatic heterocycles. The molecule has 0 saturated heterocycles. The van der Waals surface area contributed by atoms with Crippen LogP contribution in [-0.4, -0.2) is 34.0 Å². The van der Waals surface area contributed by atoms with E-state index >= 15 is 0 Å². The quantitative estimate of drug-likeness (QED) is 0.713. The molecule has 1 rings (SSSR count). The number of aromatic hydroxyl groups is 1. The zero-order chi connectivity index (χ0) is 13.0. The van der Waals surface area contributed by atoms with Crippen LogP contribution in [0.3, 0.4) is 0 Å². The van der Waals surface area contributed by atoms with Gasteiger partial charge in [0, 0.05) is 11.7 Å². The molecule has 0 aliphatic carbocycles. The van der Waals surface area contributed by atoms with Gasteiger partial charge in [-0.3, -0.25) is 4.79 Å². The van der Waals surface area contributed by atoms with Gasteiger partial charge in [-0.15, -0.1) is 0 Å². The van der Waals surface area contributed by atoms with Gasteiger partial charge in [0.05, 0.1) is 6.61 Å². The molecular weight excluding hydrogens is 238 g/mol. The van der Waals surface area contributed by atoms with Gasteiger partial charge < -0.3 is 15.1 Å². The lowest BCUT2D eigenvalue weighted by molar-refractivity contribution is -0.119. The van der Waals surface area contributed by atoms with E-state index in [1.54, 1.807) is 17.0 Å². The van der Waals surface area contributed by atoms with Gasteiger partial charge in [-0.1, -0.05) is 0 Å². The van der Waals surface area contributed by atoms with Crippen molar-refractivity contribution in [3.8, 4) is 5.75 Å². The number of hydrogen-bond acceptors (Lipinski definition) is 4. The van der Waals surface area contributed by atoms with Crippen molar-refractivity contribution in [2.45, 2.75) is 25.1 Å². The average Bonchev–Trinajstić information content (AvgIpc) is 2.30. The summed E-state index contributed by atoms with van der Waals surface area (Å²) in [5.74, 6) is -0.106. The topological polar surface area (TPSA) is 60.8 Å². The number of amides is 1. The van der Waals surface area contributed by atoms with Gasteiger partial charge in [0.15, 0.2) is 0 Å². The highest BCUT2D eigenvalue weighted by molar-refractivity contribution is 7.81. The Hall–Kier alpha value is -1.20. The number of benzene rings is 1. The molecule has 0 spiro atoms. The molecule has 1 atom stereocenters. The molecule has 17 heavy (non-hydrogen) atoms. The second kappa shape index (κ2) is 5.93. The molecule has 2 N–H and O–H groups in total. The number of carbonyl (C=O) groups excluding carboxylic acids is 1. The summed E-state index contributed by atoms with van der Waals surface area (Å²) < 4.78 is 0. The van der Waals surface area contributed by atoms with E-state index in [0.29, 0.717) is 5.69 Å². The third-order valence-electron chi connectivity index (χ3n) is 2.34. The lowest BCUT2D eigenvalue weighted by Crippen LogP contribution is -2.42. The van der Waals surface area contributed by atoms with Gasteiger partial charge in [0.25, 0.3) is 0 Å². The maximum atomic E-state index is 12.0. The fraction of sp³-hybridized carbons (Fsp3) is 0.417. The molecule has 0 aliphatic heterocycles. The maximum Gasteiger partial charge on any atom is 0.242 e. The van der Waals surface area contributed by atoms with Crippen LogP contribution < -0.4 is 4.90 Å². The first-order valence-electron chi connectivity index (χ1n) is 5.38. The summed E-state index contributed by atoms with van der Waals surface area (Å²) in [5.41, 5.74) is 0.676. The van der Waals surface area contributed by atoms with E-state index in [4.69, 9.17) is 5.11 Å². The van der Waals surface area contributed by atoms with Crippen LogP contribution in [0.5, 0.6) is 5.75 Å². The van der Waals surface area contributed by atoms with Crippen molar-refractivity contribution in [2.24, 2.45) is 0 Å². The summed E-state index contributed by atoms with van der Waals surface area (Å²) in [6.07, 6.45) is 0. The number of aliphatic hydroxyl groups is 1. The van der Waals surface area contributed by atoms with Gasteiger partial charge >= 0.3 is 0 Å². The number of hydrogen-bond donors (Lipinski definition) is 3. The van der Waals surface area contributed by atoms with Crippen LogP contribution >= 0.6 is 12.6 Å². The molecule has 5 heteroatoms. The third-order valence-corrected chi connectivity index (χ3v) is 2.72. The number of phenols is 1. The second-order valence-corrected chi connectivity index (χ2v) is 4.64. The van der Waals surface area contributed by atoms with Crippen LogP contribution in [0.2, 0.25) is 0 Å². The predicted octanol–water partition coefficient (Wildman–Crippen LogP) is 1.42. The molecule has 0 saturated carbocycles. The Bertz CT molecular complexity index is 378. The monoisotopic (exact) mass is 255 g/mol. The number of phenolic OH excluding ortho intramolecular Hbond substituents is 1. The van der Waals surface area contributed by atoms with E-state index in [0.717, 1.165) is 0 Å². The largest absolute Gasteiger partial charge is 0.508 e. The Morgan fingerprint density at radius 3 is 2.29 bits per heavy atom. The summed E-state index contributed by atoms with van der Waals surface area (Å²) in [5, 5.41) is 17.4. The first kappa shape index (κ1) is 13.9. The minimum absolute atomic E-state index is 0.0479. The molecule has 0 bridgehead atoms. The lowest BCUT2D eigenvalue weighted by Gasteiger charge is -2.28. The Morgan fingerprint density at radius 1 is 1.35 bits per heavy atom. The Balaban J connectivity index is 3.01. The van der Waals surface area contributed by atoms with Gasteiger partial charge in [0.2, 0.25) is 5.91 Å². The van der Waals surface area contributed by atoms with Crippen LogP contribution in [-0.2, 0) is 4.79 Å². The van der Waals surface area contributed by atoms with Gasteiger partial charge in [-0.05, 0) is 38.1 Å². The summed E-state index contributed by atoms with van der Waals surface area (Å²) in [6.45, 7) is 3.45. The summed E-state index contributed by atoms with van der Waals surface area (Å²) in [6, 6.07) is 6.30. The van der Waals surface area contributed by atoms with Crippen LogP contribution in [0, 0.1) is 0 Å². The predicted molar refractivity (Wildman–Crippen MR) is 70.6 cm³/mol. The van der Waals surface area contributed by atoms with E-state index in [1.807, 2.05) is 13.8 Å². The number of nitrogens with zero attached hydrogens (tertiary/aromatic N) is 1. The molecule has 0 aliphatic rings. The van der Waals surface area contributed by atoms with Crippen molar-refractivity contribution in [2.75, 3.05) is 11.5 Å². The maximum absolute atomic E-state index is 12.0. The highest BCUT2D eigenvalue weighted by Crippen LogP contribution is 2.22. The number of aliphatic hydroxyl groups excluding tert-OH is 1. The summed E-state index contributed by atoms with van der Waals surface area (Å²) in [4.78, 5) is 13.6. The minimum atomic E-state index is -0.730. The molecule has 4 nitrogen and oxygen atoms in total. The van der Waals surface area contributed by atoms with E-state index in [1.165, 1.54) is 12.1 Å². The van der Waals surface area contributed by atoms with Crippen molar-refractivity contribution < 1.29 is 15.0 Å². The Kier molecular flexibility index (Phi) is 4.84. The third kappa shape index (κ3) is 3.38. The molecule has 1 unspecified atom stereocenters. The lowest BCUT2D eigenvalue weighted by atomic mass is 10.2. The first-order valence-corrected chi connectivity index (χ1v) is 5.90. The standard InChI is InChI=1S/C12H17NO3S/c1-8(2)13(12(16)11(17)7-14)9-3-5-10(15)6-4-9/h3-6,8,11,14-15,17H,7H2,1-2H3. The van der Waals surface area contributed by atoms with E-state index < -0.39 is 5.25 Å². The van der Waals surface area contributed by atoms with Crippen LogP contribution in [0.25, 0.3) is 0 Å². The first-order chi connectivity index (χ1) is 7.97. The van der Waals surface area contributed by atoms with Crippen molar-refractivity contribution >= 4 is 24.2 Å². The number of rotatable bonds is 4. The fourth-order valence-electron chi connectivity index (χ4n) is 1.53. The molecule has 1 aromatic rings. The van der Waals surface area contributed by atoms with Crippen molar-refractivity contribution in [3.05, 3.63) is 24.3 Å². The van der Waals surface area contributed by atoms with E-state index in [2.05, 4.69) is 12.6 Å². The van der Waals surface area contributed by atoms with Crippen molar-refractivity contribution in [1.82, 2.24) is 0 Å². The molecule has 1 aromatic carbocycles. The average molecular weight is 255 g/mol. The van der Waals surface area contributed by atoms with Crippen molar-refractivity contribution in [3.63, 3.8) is 0 Å². The number of carbonyl (C=O) groups is 1. The summed E-state index contributed by atoms with van der Waals surface area (Å²) >= 11 is 4.04. The Morgan fingerprint density at radius 2 is 1.88 bits per heavy atom. The highest BCUT2D eigenvalue weighted by Gasteiger charge is 2.24. The fourth-order valence-corrected chi connectivity index (χ4v) is 1.66. The normalized spacial score (nSPS) is 12.5. The number of thiol groups is 1. The molecule has 94 valence electrons. The van der Waals surface area contributed by atoms with Gasteiger partial charge in [-0.2, -0.15) is 12.6 Å². The smallest absolute Gasteiger partial charge is 0.242 e. The van der Waals surface area contributed by atoms with E-state index in [9.17, 15) is 9.90 Å². The van der Waals surface area contributed by atoms with E-state index in [-0.39, 0.29) is 24.3 Å². The van der Waals surface area contributed by atoms with Gasteiger partial charge in [0.1, 0.15) is 11.0 Å². The number of anilines is 1. The molecule has 0 fully saturated rings. The zero-order valence-electron chi connectivity index (χ0n) is 9.87. The molecule has 1 amide bonds. The minimum Gasteiger partial charge on any atom is -0.508 e. The highest BCUT2D eigenvalue weighted by atomic mass is 32.1. The second-order valence-electron chi connectivity index (χ2n) is 4.02. The molecule has 0 heterocycles. The van der Waals surface area contributed by atoms with Crippen LogP contribution in [0.15, 0.2) is 24.3 Å². The van der Waals surface area contributed by atoms with Crippen LogP contribution in [0.4, 0.5) is 5.69 Å². The van der Waals surface area contributed by atoms with Crippen molar-refractivity contribution in [1.29, 1.82) is 0 Å². The van der Waals surface area contributed by atoms with Gasteiger partial charge in [-0.25, -0.2) is 0 Å². The van der Waals surface area contributed by atoms with Crippen LogP contribution in [0.1, 0.15) is 13.8 Å². The Labute approximate surface area is 106 Å².